The van der Waals surface area contributed by atoms with Gasteiger partial charge in [0.05, 0.1) is 17.3 Å². The minimum absolute atomic E-state index is 0.0822. The number of carbonyl (C=O) groups is 2. The van der Waals surface area contributed by atoms with Gasteiger partial charge in [0.1, 0.15) is 6.29 Å². The lowest BCUT2D eigenvalue weighted by Crippen LogP contribution is -2.09. The summed E-state index contributed by atoms with van der Waals surface area (Å²) in [6.07, 6.45) is 2.07. The number of ether oxygens (including phenoxy) is 2. The molecule has 0 aliphatic carbocycles. The third-order valence-corrected chi connectivity index (χ3v) is 2.97. The molecule has 0 unspecified atom stereocenters. The van der Waals surface area contributed by atoms with Gasteiger partial charge in [0.2, 0.25) is 5.76 Å². The van der Waals surface area contributed by atoms with E-state index in [0.717, 1.165) is 0 Å². The Balaban J connectivity index is 2.34. The molecule has 104 valence electrons. The summed E-state index contributed by atoms with van der Waals surface area (Å²) in [5.74, 6) is -0.0444. The topological polar surface area (TPSA) is 65.7 Å². The molecular weight excluding hydrogens is 328 g/mol. The van der Waals surface area contributed by atoms with Gasteiger partial charge >= 0.3 is 5.97 Å². The monoisotopic (exact) mass is 338 g/mol. The highest BCUT2D eigenvalue weighted by Crippen LogP contribution is 2.37. The average Bonchev–Trinajstić information content (AvgIpc) is 2.96. The maximum absolute atomic E-state index is 11.9. The molecule has 0 atom stereocenters. The van der Waals surface area contributed by atoms with E-state index < -0.39 is 5.97 Å². The minimum Gasteiger partial charge on any atom is -0.490 e. The van der Waals surface area contributed by atoms with Gasteiger partial charge in [-0.3, -0.25) is 4.79 Å². The molecule has 0 N–H and O–H groups in total. The summed E-state index contributed by atoms with van der Waals surface area (Å²) >= 11 is 3.25. The number of hydrogen-bond donors (Lipinski definition) is 0. The van der Waals surface area contributed by atoms with Crippen LogP contribution in [0.15, 0.2) is 39.4 Å². The lowest BCUT2D eigenvalue weighted by atomic mass is 10.2. The Morgan fingerprint density at radius 3 is 2.85 bits per heavy atom. The molecule has 1 heterocycles. The van der Waals surface area contributed by atoms with Crippen molar-refractivity contribution >= 4 is 28.2 Å². The van der Waals surface area contributed by atoms with Crippen LogP contribution in [0.4, 0.5) is 0 Å². The third-order valence-electron chi connectivity index (χ3n) is 2.38. The highest BCUT2D eigenvalue weighted by molar-refractivity contribution is 9.10. The second-order valence-corrected chi connectivity index (χ2v) is 4.60. The number of aldehydes is 1. The molecule has 0 amide bonds. The van der Waals surface area contributed by atoms with E-state index >= 15 is 0 Å². The predicted octanol–water partition coefficient (Wildman–Crippen LogP) is 3.47. The molecule has 0 aliphatic heterocycles. The molecule has 5 nitrogen and oxygen atoms in total. The number of furan rings is 1. The van der Waals surface area contributed by atoms with Crippen molar-refractivity contribution in [2.75, 3.05) is 6.61 Å². The molecule has 1 aromatic carbocycles. The van der Waals surface area contributed by atoms with Crippen LogP contribution in [-0.4, -0.2) is 18.9 Å². The van der Waals surface area contributed by atoms with Crippen molar-refractivity contribution in [2.24, 2.45) is 0 Å². The molecule has 20 heavy (non-hydrogen) atoms. The summed E-state index contributed by atoms with van der Waals surface area (Å²) in [6, 6.07) is 6.13. The summed E-state index contributed by atoms with van der Waals surface area (Å²) in [4.78, 5) is 22.7. The quantitative estimate of drug-likeness (QED) is 0.474. The van der Waals surface area contributed by atoms with Gasteiger partial charge in [0.15, 0.2) is 11.5 Å². The first kappa shape index (κ1) is 14.3. The zero-order chi connectivity index (χ0) is 14.5. The summed E-state index contributed by atoms with van der Waals surface area (Å²) in [5.41, 5.74) is 0.415. The lowest BCUT2D eigenvalue weighted by molar-refractivity contribution is 0.0693. The van der Waals surface area contributed by atoms with Crippen LogP contribution >= 0.6 is 15.9 Å². The van der Waals surface area contributed by atoms with Gasteiger partial charge in [-0.25, -0.2) is 4.79 Å². The van der Waals surface area contributed by atoms with Crippen LogP contribution < -0.4 is 9.47 Å². The lowest BCUT2D eigenvalue weighted by Gasteiger charge is -2.12. The number of rotatable bonds is 5. The zero-order valence-electron chi connectivity index (χ0n) is 10.6. The van der Waals surface area contributed by atoms with Crippen LogP contribution in [0.1, 0.15) is 27.8 Å². The average molecular weight is 339 g/mol. The maximum Gasteiger partial charge on any atom is 0.379 e. The van der Waals surface area contributed by atoms with E-state index in [4.69, 9.17) is 13.9 Å². The minimum atomic E-state index is -0.643. The number of hydrogen-bond acceptors (Lipinski definition) is 5. The Morgan fingerprint density at radius 2 is 2.25 bits per heavy atom. The summed E-state index contributed by atoms with van der Waals surface area (Å²) < 4.78 is 16.0. The number of esters is 1. The summed E-state index contributed by atoms with van der Waals surface area (Å²) in [6.45, 7) is 2.17. The Morgan fingerprint density at radius 1 is 1.45 bits per heavy atom. The first-order valence-electron chi connectivity index (χ1n) is 5.83. The van der Waals surface area contributed by atoms with Crippen molar-refractivity contribution in [3.63, 3.8) is 0 Å². The Bertz CT molecular complexity index is 619. The molecule has 0 fully saturated rings. The van der Waals surface area contributed by atoms with Crippen LogP contribution in [-0.2, 0) is 0 Å². The Labute approximate surface area is 123 Å². The molecule has 0 aliphatic rings. The van der Waals surface area contributed by atoms with Crippen molar-refractivity contribution in [3.8, 4) is 11.5 Å². The molecule has 0 saturated heterocycles. The zero-order valence-corrected chi connectivity index (χ0v) is 12.2. The van der Waals surface area contributed by atoms with Gasteiger partial charge in [0, 0.05) is 5.56 Å². The standard InChI is InChI=1S/C14H11BrO5/c1-2-18-12-7-9(8-16)6-10(15)13(12)20-14(17)11-4-3-5-19-11/h3-8H,2H2,1H3. The van der Waals surface area contributed by atoms with Gasteiger partial charge in [0.25, 0.3) is 0 Å². The summed E-state index contributed by atoms with van der Waals surface area (Å²) in [7, 11) is 0. The van der Waals surface area contributed by atoms with Crippen LogP contribution in [0.25, 0.3) is 0 Å². The normalized spacial score (nSPS) is 10.1. The molecule has 0 spiro atoms. The first-order valence-corrected chi connectivity index (χ1v) is 6.62. The van der Waals surface area contributed by atoms with Crippen molar-refractivity contribution in [2.45, 2.75) is 6.92 Å². The highest BCUT2D eigenvalue weighted by Gasteiger charge is 2.18. The van der Waals surface area contributed by atoms with E-state index in [0.29, 0.717) is 28.7 Å². The number of carbonyl (C=O) groups excluding carboxylic acids is 2. The smallest absolute Gasteiger partial charge is 0.379 e. The van der Waals surface area contributed by atoms with E-state index in [1.54, 1.807) is 19.1 Å². The van der Waals surface area contributed by atoms with Gasteiger partial charge < -0.3 is 13.9 Å². The van der Waals surface area contributed by atoms with Gasteiger partial charge in [-0.2, -0.15) is 0 Å². The van der Waals surface area contributed by atoms with Gasteiger partial charge in [-0.1, -0.05) is 0 Å². The molecule has 6 heteroatoms. The molecule has 0 saturated carbocycles. The van der Waals surface area contributed by atoms with Crippen molar-refractivity contribution < 1.29 is 23.5 Å². The second-order valence-electron chi connectivity index (χ2n) is 3.75. The van der Waals surface area contributed by atoms with Crippen LogP contribution in [0, 0.1) is 0 Å². The van der Waals surface area contributed by atoms with Crippen LogP contribution in [0.3, 0.4) is 0 Å². The van der Waals surface area contributed by atoms with Crippen molar-refractivity contribution in [1.82, 2.24) is 0 Å². The number of halogens is 1. The fraction of sp³-hybridized carbons (Fsp3) is 0.143. The van der Waals surface area contributed by atoms with Crippen LogP contribution in [0.2, 0.25) is 0 Å². The fourth-order valence-electron chi connectivity index (χ4n) is 1.56. The fourth-order valence-corrected chi connectivity index (χ4v) is 2.10. The van der Waals surface area contributed by atoms with Crippen molar-refractivity contribution in [3.05, 3.63) is 46.3 Å². The highest BCUT2D eigenvalue weighted by atomic mass is 79.9. The SMILES string of the molecule is CCOc1cc(C=O)cc(Br)c1OC(=O)c1ccco1. The molecule has 2 rings (SSSR count). The van der Waals surface area contributed by atoms with E-state index in [2.05, 4.69) is 15.9 Å². The molecule has 2 aromatic rings. The van der Waals surface area contributed by atoms with Gasteiger partial charge in [-0.05, 0) is 47.1 Å². The van der Waals surface area contributed by atoms with E-state index in [-0.39, 0.29) is 11.5 Å². The summed E-state index contributed by atoms with van der Waals surface area (Å²) in [5, 5.41) is 0. The van der Waals surface area contributed by atoms with Crippen LogP contribution in [0.5, 0.6) is 11.5 Å². The number of benzene rings is 1. The molecule has 0 radical (unpaired) electrons. The Hall–Kier alpha value is -2.08. The Kier molecular flexibility index (Phi) is 4.57. The van der Waals surface area contributed by atoms with Gasteiger partial charge in [-0.15, -0.1) is 0 Å². The molecular formula is C14H11BrO5. The predicted molar refractivity (Wildman–Crippen MR) is 74.4 cm³/mol. The third kappa shape index (κ3) is 3.08. The largest absolute Gasteiger partial charge is 0.490 e. The van der Waals surface area contributed by atoms with E-state index in [1.165, 1.54) is 18.4 Å². The molecule has 0 bridgehead atoms. The molecule has 1 aromatic heterocycles. The van der Waals surface area contributed by atoms with E-state index in [9.17, 15) is 9.59 Å². The maximum atomic E-state index is 11.9. The van der Waals surface area contributed by atoms with Crippen molar-refractivity contribution in [1.29, 1.82) is 0 Å². The second kappa shape index (κ2) is 6.38. The first-order chi connectivity index (χ1) is 9.65. The van der Waals surface area contributed by atoms with E-state index in [1.807, 2.05) is 0 Å².